The predicted octanol–water partition coefficient (Wildman–Crippen LogP) is 2.55. The molecule has 1 aliphatic rings. The molecule has 1 atom stereocenters. The first-order valence-electron chi connectivity index (χ1n) is 11.1. The minimum absolute atomic E-state index is 0.0456. The number of hydrogen-bond donors (Lipinski definition) is 1. The van der Waals surface area contributed by atoms with Crippen LogP contribution in [-0.4, -0.2) is 54.5 Å². The van der Waals surface area contributed by atoms with Gasteiger partial charge in [-0.1, -0.05) is 62.7 Å². The molecular formula is C24H29N3O5S. The van der Waals surface area contributed by atoms with Gasteiger partial charge in [0.1, 0.15) is 17.5 Å². The topological polar surface area (TPSA) is 104 Å². The number of rotatable bonds is 10. The molecule has 2 aromatic rings. The van der Waals surface area contributed by atoms with Crippen LogP contribution in [0.1, 0.15) is 49.0 Å². The molecule has 0 aliphatic carbocycles. The number of benzene rings is 2. The van der Waals surface area contributed by atoms with Crippen LogP contribution >= 0.6 is 0 Å². The first-order chi connectivity index (χ1) is 15.8. The third kappa shape index (κ3) is 5.24. The standard InChI is InChI=1S/C24H29N3O5S/c1-3-5-15-25-23(29)20(4-2)26(16-18-11-7-6-8-12-18)22(28)17-27-24(30)19-13-9-10-14-21(19)33(27,31)32/h6-14,20H,3-5,15-17H2,1-2H3,(H,25,29). The number of nitrogens with zero attached hydrogens (tertiary/aromatic N) is 2. The average molecular weight is 472 g/mol. The van der Waals surface area contributed by atoms with E-state index in [0.717, 1.165) is 18.4 Å². The molecule has 0 spiro atoms. The molecule has 2 aromatic carbocycles. The van der Waals surface area contributed by atoms with Crippen molar-refractivity contribution in [1.29, 1.82) is 0 Å². The maximum Gasteiger partial charge on any atom is 0.269 e. The van der Waals surface area contributed by atoms with Crippen LogP contribution in [0.3, 0.4) is 0 Å². The fraction of sp³-hybridized carbons (Fsp3) is 0.375. The molecule has 0 aromatic heterocycles. The van der Waals surface area contributed by atoms with Gasteiger partial charge in [0.05, 0.1) is 5.56 Å². The van der Waals surface area contributed by atoms with Gasteiger partial charge in [0.15, 0.2) is 0 Å². The fourth-order valence-corrected chi connectivity index (χ4v) is 5.33. The van der Waals surface area contributed by atoms with E-state index >= 15 is 0 Å². The largest absolute Gasteiger partial charge is 0.354 e. The first kappa shape index (κ1) is 24.4. The van der Waals surface area contributed by atoms with E-state index in [1.54, 1.807) is 13.0 Å². The monoisotopic (exact) mass is 471 g/mol. The number of hydrogen-bond acceptors (Lipinski definition) is 5. The lowest BCUT2D eigenvalue weighted by Crippen LogP contribution is -2.52. The zero-order valence-electron chi connectivity index (χ0n) is 18.9. The van der Waals surface area contributed by atoms with Gasteiger partial charge in [-0.15, -0.1) is 0 Å². The van der Waals surface area contributed by atoms with Crippen molar-refractivity contribution < 1.29 is 22.8 Å². The van der Waals surface area contributed by atoms with E-state index in [0.29, 0.717) is 17.3 Å². The molecule has 0 fully saturated rings. The van der Waals surface area contributed by atoms with Gasteiger partial charge in [0.25, 0.3) is 15.9 Å². The molecule has 8 nitrogen and oxygen atoms in total. The minimum Gasteiger partial charge on any atom is -0.354 e. The van der Waals surface area contributed by atoms with Crippen LogP contribution in [0, 0.1) is 0 Å². The van der Waals surface area contributed by atoms with Crippen molar-refractivity contribution in [3.05, 3.63) is 65.7 Å². The molecule has 9 heteroatoms. The van der Waals surface area contributed by atoms with Crippen LogP contribution in [0.5, 0.6) is 0 Å². The molecule has 0 bridgehead atoms. The van der Waals surface area contributed by atoms with Gasteiger partial charge in [-0.2, -0.15) is 0 Å². The van der Waals surface area contributed by atoms with Crippen LogP contribution in [-0.2, 0) is 26.2 Å². The van der Waals surface area contributed by atoms with Crippen LogP contribution in [0.15, 0.2) is 59.5 Å². The summed E-state index contributed by atoms with van der Waals surface area (Å²) in [6, 6.07) is 14.2. The zero-order chi connectivity index (χ0) is 24.0. The Balaban J connectivity index is 1.87. The molecule has 0 saturated carbocycles. The van der Waals surface area contributed by atoms with Crippen molar-refractivity contribution in [2.24, 2.45) is 0 Å². The number of unbranched alkanes of at least 4 members (excludes halogenated alkanes) is 1. The Labute approximate surface area is 194 Å². The summed E-state index contributed by atoms with van der Waals surface area (Å²) in [5, 5.41) is 2.86. The van der Waals surface area contributed by atoms with Gasteiger partial charge < -0.3 is 10.2 Å². The average Bonchev–Trinajstić information content (AvgIpc) is 3.00. The van der Waals surface area contributed by atoms with Crippen LogP contribution in [0.4, 0.5) is 0 Å². The number of carbonyl (C=O) groups excluding carboxylic acids is 3. The van der Waals surface area contributed by atoms with Crippen LogP contribution < -0.4 is 5.32 Å². The number of carbonyl (C=O) groups is 3. The van der Waals surface area contributed by atoms with Gasteiger partial charge in [0.2, 0.25) is 11.8 Å². The summed E-state index contributed by atoms with van der Waals surface area (Å²) in [4.78, 5) is 40.3. The highest BCUT2D eigenvalue weighted by atomic mass is 32.2. The van der Waals surface area contributed by atoms with Crippen molar-refractivity contribution in [3.8, 4) is 0 Å². The quantitative estimate of drug-likeness (QED) is 0.537. The molecule has 176 valence electrons. The SMILES string of the molecule is CCCCNC(=O)C(CC)N(Cc1ccccc1)C(=O)CN1C(=O)c2ccccc2S1(=O)=O. The maximum atomic E-state index is 13.4. The molecule has 3 rings (SSSR count). The lowest BCUT2D eigenvalue weighted by molar-refractivity contribution is -0.141. The smallest absolute Gasteiger partial charge is 0.269 e. The second-order valence-electron chi connectivity index (χ2n) is 7.89. The van der Waals surface area contributed by atoms with Crippen molar-refractivity contribution >= 4 is 27.7 Å². The van der Waals surface area contributed by atoms with Gasteiger partial charge in [0, 0.05) is 13.1 Å². The van der Waals surface area contributed by atoms with Gasteiger partial charge in [-0.3, -0.25) is 14.4 Å². The van der Waals surface area contributed by atoms with Crippen LogP contribution in [0.2, 0.25) is 0 Å². The van der Waals surface area contributed by atoms with Crippen molar-refractivity contribution in [2.45, 2.75) is 50.6 Å². The maximum absolute atomic E-state index is 13.4. The van der Waals surface area contributed by atoms with E-state index in [1.807, 2.05) is 37.3 Å². The first-order valence-corrected chi connectivity index (χ1v) is 12.5. The Morgan fingerprint density at radius 2 is 1.70 bits per heavy atom. The molecule has 33 heavy (non-hydrogen) atoms. The molecular weight excluding hydrogens is 442 g/mol. The lowest BCUT2D eigenvalue weighted by Gasteiger charge is -2.31. The lowest BCUT2D eigenvalue weighted by atomic mass is 10.1. The fourth-order valence-electron chi connectivity index (χ4n) is 3.81. The van der Waals surface area contributed by atoms with Gasteiger partial charge >= 0.3 is 0 Å². The molecule has 3 amide bonds. The van der Waals surface area contributed by atoms with Gasteiger partial charge in [-0.25, -0.2) is 12.7 Å². The predicted molar refractivity (Wildman–Crippen MR) is 124 cm³/mol. The van der Waals surface area contributed by atoms with Crippen molar-refractivity contribution in [2.75, 3.05) is 13.1 Å². The summed E-state index contributed by atoms with van der Waals surface area (Å²) >= 11 is 0. The molecule has 1 heterocycles. The van der Waals surface area contributed by atoms with E-state index < -0.39 is 34.4 Å². The molecule has 1 unspecified atom stereocenters. The summed E-state index contributed by atoms with van der Waals surface area (Å²) in [6.07, 6.45) is 2.07. The summed E-state index contributed by atoms with van der Waals surface area (Å²) in [5.41, 5.74) is 0.841. The molecule has 1 aliphatic heterocycles. The second-order valence-corrected chi connectivity index (χ2v) is 9.72. The molecule has 0 radical (unpaired) electrons. The summed E-state index contributed by atoms with van der Waals surface area (Å²) in [7, 11) is -4.13. The molecule has 1 N–H and O–H groups in total. The van der Waals surface area contributed by atoms with Gasteiger partial charge in [-0.05, 0) is 30.5 Å². The number of nitrogens with one attached hydrogen (secondary N) is 1. The Morgan fingerprint density at radius 3 is 2.33 bits per heavy atom. The Morgan fingerprint density at radius 1 is 1.03 bits per heavy atom. The number of fused-ring (bicyclic) bond motifs is 1. The second kappa shape index (κ2) is 10.6. The highest BCUT2D eigenvalue weighted by Gasteiger charge is 2.43. The Kier molecular flexibility index (Phi) is 7.86. The van der Waals surface area contributed by atoms with E-state index in [1.165, 1.54) is 23.1 Å². The minimum atomic E-state index is -4.13. The molecule has 0 saturated heterocycles. The highest BCUT2D eigenvalue weighted by molar-refractivity contribution is 7.90. The highest BCUT2D eigenvalue weighted by Crippen LogP contribution is 2.30. The summed E-state index contributed by atoms with van der Waals surface area (Å²) in [6.45, 7) is 3.76. The van der Waals surface area contributed by atoms with Crippen molar-refractivity contribution in [1.82, 2.24) is 14.5 Å². The van der Waals surface area contributed by atoms with E-state index in [4.69, 9.17) is 0 Å². The Bertz CT molecular complexity index is 1120. The number of amides is 3. The number of sulfonamides is 1. The normalized spacial score (nSPS) is 15.1. The third-order valence-electron chi connectivity index (χ3n) is 5.60. The van der Waals surface area contributed by atoms with E-state index in [-0.39, 0.29) is 22.9 Å². The summed E-state index contributed by atoms with van der Waals surface area (Å²) < 4.78 is 26.4. The third-order valence-corrected chi connectivity index (χ3v) is 7.39. The Hall–Kier alpha value is -3.20. The van der Waals surface area contributed by atoms with Crippen LogP contribution in [0.25, 0.3) is 0 Å². The summed E-state index contributed by atoms with van der Waals surface area (Å²) in [5.74, 6) is -1.64. The zero-order valence-corrected chi connectivity index (χ0v) is 19.7. The van der Waals surface area contributed by atoms with Crippen molar-refractivity contribution in [3.63, 3.8) is 0 Å². The van der Waals surface area contributed by atoms with E-state index in [9.17, 15) is 22.8 Å². The van der Waals surface area contributed by atoms with E-state index in [2.05, 4.69) is 5.32 Å².